The number of nitrogens with two attached hydrogens (primary N) is 1. The predicted octanol–water partition coefficient (Wildman–Crippen LogP) is 1.48. The molecule has 0 saturated carbocycles. The highest BCUT2D eigenvalue weighted by Gasteiger charge is 2.18. The summed E-state index contributed by atoms with van der Waals surface area (Å²) in [6.45, 7) is 1.02. The summed E-state index contributed by atoms with van der Waals surface area (Å²) in [4.78, 5) is 10.5. The first-order chi connectivity index (χ1) is 9.13. The van der Waals surface area contributed by atoms with Crippen LogP contribution in [0.4, 0.5) is 5.69 Å². The van der Waals surface area contributed by atoms with Crippen molar-refractivity contribution in [3.8, 4) is 11.5 Å². The minimum Gasteiger partial charge on any atom is -0.493 e. The fourth-order valence-electron chi connectivity index (χ4n) is 1.58. The van der Waals surface area contributed by atoms with Gasteiger partial charge in [0.25, 0.3) is 5.69 Å². The van der Waals surface area contributed by atoms with Gasteiger partial charge in [-0.25, -0.2) is 0 Å². The summed E-state index contributed by atoms with van der Waals surface area (Å²) in [6.07, 6.45) is 0.687. The zero-order valence-electron chi connectivity index (χ0n) is 11.0. The predicted molar refractivity (Wildman–Crippen MR) is 69.5 cm³/mol. The third-order valence-corrected chi connectivity index (χ3v) is 2.53. The Bertz CT molecular complexity index is 436. The van der Waals surface area contributed by atoms with Gasteiger partial charge in [-0.05, 0) is 6.07 Å². The maximum Gasteiger partial charge on any atom is 0.277 e. The lowest BCUT2D eigenvalue weighted by Crippen LogP contribution is -2.06. The average molecular weight is 270 g/mol. The van der Waals surface area contributed by atoms with Gasteiger partial charge >= 0.3 is 0 Å². The number of nitro groups is 1. The summed E-state index contributed by atoms with van der Waals surface area (Å²) in [6, 6.07) is 2.87. The van der Waals surface area contributed by atoms with Crippen molar-refractivity contribution in [1.29, 1.82) is 0 Å². The van der Waals surface area contributed by atoms with E-state index in [0.29, 0.717) is 36.7 Å². The highest BCUT2D eigenvalue weighted by molar-refractivity contribution is 5.54. The van der Waals surface area contributed by atoms with Gasteiger partial charge in [0.1, 0.15) is 0 Å². The molecule has 0 spiro atoms. The smallest absolute Gasteiger partial charge is 0.277 e. The Balaban J connectivity index is 2.94. The summed E-state index contributed by atoms with van der Waals surface area (Å²) in [5.41, 5.74) is 5.83. The van der Waals surface area contributed by atoms with Crippen molar-refractivity contribution in [3.63, 3.8) is 0 Å². The van der Waals surface area contributed by atoms with Crippen LogP contribution in [-0.2, 0) is 11.3 Å². The zero-order chi connectivity index (χ0) is 14.3. The highest BCUT2D eigenvalue weighted by atomic mass is 16.6. The number of rotatable bonds is 8. The molecule has 1 rings (SSSR count). The lowest BCUT2D eigenvalue weighted by Gasteiger charge is -2.12. The normalized spacial score (nSPS) is 10.3. The van der Waals surface area contributed by atoms with E-state index in [1.807, 2.05) is 0 Å². The summed E-state index contributed by atoms with van der Waals surface area (Å²) in [7, 11) is 3.07. The van der Waals surface area contributed by atoms with E-state index in [0.717, 1.165) is 0 Å². The van der Waals surface area contributed by atoms with Crippen LogP contribution in [0.5, 0.6) is 11.5 Å². The van der Waals surface area contributed by atoms with Crippen LogP contribution in [0, 0.1) is 10.1 Å². The van der Waals surface area contributed by atoms with E-state index in [9.17, 15) is 10.1 Å². The van der Waals surface area contributed by atoms with Crippen molar-refractivity contribution in [2.75, 3.05) is 27.4 Å². The zero-order valence-corrected chi connectivity index (χ0v) is 11.0. The van der Waals surface area contributed by atoms with Gasteiger partial charge in [-0.2, -0.15) is 0 Å². The molecule has 0 aliphatic carbocycles. The topological polar surface area (TPSA) is 96.8 Å². The molecule has 0 unspecified atom stereocenters. The molecule has 0 radical (unpaired) electrons. The van der Waals surface area contributed by atoms with E-state index in [-0.39, 0.29) is 12.2 Å². The molecule has 0 fully saturated rings. The van der Waals surface area contributed by atoms with Crippen LogP contribution < -0.4 is 15.2 Å². The molecule has 1 aromatic rings. The Morgan fingerprint density at radius 1 is 1.26 bits per heavy atom. The number of methoxy groups -OCH3 is 2. The van der Waals surface area contributed by atoms with Crippen molar-refractivity contribution < 1.29 is 19.1 Å². The molecule has 0 heterocycles. The maximum absolute atomic E-state index is 10.9. The lowest BCUT2D eigenvalue weighted by molar-refractivity contribution is -0.385. The maximum atomic E-state index is 10.9. The fraction of sp³-hybridized carbons (Fsp3) is 0.500. The van der Waals surface area contributed by atoms with Crippen LogP contribution in [0.2, 0.25) is 0 Å². The Hall–Kier alpha value is -1.86. The Labute approximate surface area is 111 Å². The molecule has 0 atom stereocenters. The molecule has 7 heteroatoms. The van der Waals surface area contributed by atoms with Crippen molar-refractivity contribution >= 4 is 5.69 Å². The molecule has 2 N–H and O–H groups in total. The number of hydrogen-bond acceptors (Lipinski definition) is 6. The van der Waals surface area contributed by atoms with E-state index < -0.39 is 4.92 Å². The van der Waals surface area contributed by atoms with Gasteiger partial charge in [0.05, 0.1) is 24.7 Å². The van der Waals surface area contributed by atoms with Crippen LogP contribution in [-0.4, -0.2) is 32.4 Å². The third kappa shape index (κ3) is 4.08. The number of benzene rings is 1. The summed E-state index contributed by atoms with van der Waals surface area (Å²) >= 11 is 0. The van der Waals surface area contributed by atoms with Gasteiger partial charge in [-0.15, -0.1) is 0 Å². The van der Waals surface area contributed by atoms with Crippen molar-refractivity contribution in [1.82, 2.24) is 0 Å². The van der Waals surface area contributed by atoms with E-state index in [1.165, 1.54) is 19.2 Å². The molecule has 19 heavy (non-hydrogen) atoms. The lowest BCUT2D eigenvalue weighted by atomic mass is 10.1. The summed E-state index contributed by atoms with van der Waals surface area (Å²) in [5, 5.41) is 10.9. The minimum atomic E-state index is -0.482. The molecule has 0 aliphatic rings. The molecule has 0 bridgehead atoms. The minimum absolute atomic E-state index is 0.0648. The number of nitrogens with zero attached hydrogens (tertiary/aromatic N) is 1. The molecule has 0 aromatic heterocycles. The molecule has 106 valence electrons. The van der Waals surface area contributed by atoms with Crippen LogP contribution in [0.25, 0.3) is 0 Å². The number of nitro benzene ring substituents is 1. The van der Waals surface area contributed by atoms with Crippen LogP contribution >= 0.6 is 0 Å². The average Bonchev–Trinajstić information content (AvgIpc) is 2.42. The van der Waals surface area contributed by atoms with E-state index in [4.69, 9.17) is 19.9 Å². The van der Waals surface area contributed by atoms with E-state index >= 15 is 0 Å². The van der Waals surface area contributed by atoms with E-state index in [2.05, 4.69) is 0 Å². The van der Waals surface area contributed by atoms with Crippen LogP contribution in [0.3, 0.4) is 0 Å². The molecule has 0 amide bonds. The van der Waals surface area contributed by atoms with Gasteiger partial charge in [0.2, 0.25) is 0 Å². The quantitative estimate of drug-likeness (QED) is 0.436. The fourth-order valence-corrected chi connectivity index (χ4v) is 1.58. The molecule has 7 nitrogen and oxygen atoms in total. The standard InChI is InChI=1S/C12H18N2O5/c1-17-4-3-5-19-12-7-10(14(15)16)9(8-13)6-11(12)18-2/h6-7H,3-5,8,13H2,1-2H3. The first-order valence-corrected chi connectivity index (χ1v) is 5.81. The molecule has 1 aromatic carbocycles. The van der Waals surface area contributed by atoms with Gasteiger partial charge in [0, 0.05) is 32.2 Å². The second-order valence-electron chi connectivity index (χ2n) is 3.79. The first-order valence-electron chi connectivity index (χ1n) is 5.81. The van der Waals surface area contributed by atoms with Crippen molar-refractivity contribution in [3.05, 3.63) is 27.8 Å². The van der Waals surface area contributed by atoms with Gasteiger partial charge < -0.3 is 19.9 Å². The van der Waals surface area contributed by atoms with E-state index in [1.54, 1.807) is 7.11 Å². The Kier molecular flexibility index (Phi) is 6.04. The monoisotopic (exact) mass is 270 g/mol. The second kappa shape index (κ2) is 7.55. The molecular weight excluding hydrogens is 252 g/mol. The molecule has 0 saturated heterocycles. The van der Waals surface area contributed by atoms with Gasteiger partial charge in [-0.3, -0.25) is 10.1 Å². The first kappa shape index (κ1) is 15.2. The number of ether oxygens (including phenoxy) is 3. The highest BCUT2D eigenvalue weighted by Crippen LogP contribution is 2.34. The van der Waals surface area contributed by atoms with Gasteiger partial charge in [-0.1, -0.05) is 0 Å². The SMILES string of the molecule is COCCCOc1cc([N+](=O)[O-])c(CN)cc1OC. The van der Waals surface area contributed by atoms with Crippen LogP contribution in [0.1, 0.15) is 12.0 Å². The summed E-state index contributed by atoms with van der Waals surface area (Å²) < 4.78 is 15.5. The van der Waals surface area contributed by atoms with Crippen LogP contribution in [0.15, 0.2) is 12.1 Å². The van der Waals surface area contributed by atoms with Crippen molar-refractivity contribution in [2.24, 2.45) is 5.73 Å². The third-order valence-electron chi connectivity index (χ3n) is 2.53. The Morgan fingerprint density at radius 3 is 2.53 bits per heavy atom. The Morgan fingerprint density at radius 2 is 2.00 bits per heavy atom. The second-order valence-corrected chi connectivity index (χ2v) is 3.79. The largest absolute Gasteiger partial charge is 0.493 e. The molecular formula is C12H18N2O5. The number of hydrogen-bond donors (Lipinski definition) is 1. The van der Waals surface area contributed by atoms with Gasteiger partial charge in [0.15, 0.2) is 11.5 Å². The molecule has 0 aliphatic heterocycles. The van der Waals surface area contributed by atoms with Crippen molar-refractivity contribution in [2.45, 2.75) is 13.0 Å². The summed E-state index contributed by atoms with van der Waals surface area (Å²) in [5.74, 6) is 0.769.